The van der Waals surface area contributed by atoms with Gasteiger partial charge in [-0.3, -0.25) is 9.48 Å². The van der Waals surface area contributed by atoms with Crippen LogP contribution in [-0.4, -0.2) is 55.8 Å². The van der Waals surface area contributed by atoms with E-state index in [0.29, 0.717) is 17.4 Å². The van der Waals surface area contributed by atoms with E-state index >= 15 is 0 Å². The lowest BCUT2D eigenvalue weighted by atomic mass is 9.98. The van der Waals surface area contributed by atoms with Crippen molar-refractivity contribution in [1.29, 1.82) is 0 Å². The summed E-state index contributed by atoms with van der Waals surface area (Å²) in [6.07, 6.45) is 3.50. The van der Waals surface area contributed by atoms with Crippen LogP contribution in [0.2, 0.25) is 0 Å². The van der Waals surface area contributed by atoms with Crippen LogP contribution in [-0.2, 0) is 13.6 Å². The van der Waals surface area contributed by atoms with Crippen molar-refractivity contribution >= 4 is 16.8 Å². The van der Waals surface area contributed by atoms with Crippen LogP contribution in [0, 0.1) is 5.92 Å². The van der Waals surface area contributed by atoms with Crippen LogP contribution in [0.15, 0.2) is 30.6 Å². The molecule has 24 heavy (non-hydrogen) atoms. The molecule has 8 heteroatoms. The molecule has 0 saturated carbocycles. The Balaban J connectivity index is 1.46. The number of fused-ring (bicyclic) bond motifs is 1. The van der Waals surface area contributed by atoms with E-state index in [-0.39, 0.29) is 5.91 Å². The third kappa shape index (κ3) is 2.40. The van der Waals surface area contributed by atoms with Crippen molar-refractivity contribution in [3.8, 4) is 5.88 Å². The van der Waals surface area contributed by atoms with Crippen molar-refractivity contribution in [1.82, 2.24) is 29.7 Å². The number of likely N-dealkylation sites (tertiary alicyclic amines) is 1. The fraction of sp³-hybridized carbons (Fsp3) is 0.375. The van der Waals surface area contributed by atoms with Gasteiger partial charge < -0.3 is 9.64 Å². The summed E-state index contributed by atoms with van der Waals surface area (Å²) in [5, 5.41) is 13.1. The fourth-order valence-electron chi connectivity index (χ4n) is 3.18. The Morgan fingerprint density at radius 1 is 1.38 bits per heavy atom. The summed E-state index contributed by atoms with van der Waals surface area (Å²) in [6, 6.07) is 5.55. The average molecular weight is 326 g/mol. The van der Waals surface area contributed by atoms with E-state index in [1.54, 1.807) is 22.7 Å². The minimum atomic E-state index is 0.0383. The first kappa shape index (κ1) is 14.7. The number of aromatic nitrogens is 5. The molecule has 3 aromatic rings. The molecule has 1 saturated heterocycles. The van der Waals surface area contributed by atoms with E-state index in [4.69, 9.17) is 4.74 Å². The van der Waals surface area contributed by atoms with Crippen molar-refractivity contribution in [2.24, 2.45) is 13.0 Å². The Morgan fingerprint density at radius 2 is 2.21 bits per heavy atom. The summed E-state index contributed by atoms with van der Waals surface area (Å²) in [4.78, 5) is 14.5. The normalized spacial score (nSPS) is 14.8. The number of methoxy groups -OCH3 is 1. The summed E-state index contributed by atoms with van der Waals surface area (Å²) in [7, 11) is 3.44. The van der Waals surface area contributed by atoms with Gasteiger partial charge in [-0.2, -0.15) is 5.10 Å². The number of amides is 1. The van der Waals surface area contributed by atoms with Gasteiger partial charge >= 0.3 is 0 Å². The maximum absolute atomic E-state index is 12.6. The number of carbonyl (C=O) groups is 1. The van der Waals surface area contributed by atoms with E-state index in [0.717, 1.165) is 30.5 Å². The summed E-state index contributed by atoms with van der Waals surface area (Å²) < 4.78 is 8.82. The topological polar surface area (TPSA) is 78.1 Å². The molecular formula is C16H18N6O2. The molecule has 1 aliphatic rings. The number of nitrogens with zero attached hydrogens (tertiary/aromatic N) is 6. The van der Waals surface area contributed by atoms with Gasteiger partial charge in [0.25, 0.3) is 5.91 Å². The Morgan fingerprint density at radius 3 is 2.92 bits per heavy atom. The van der Waals surface area contributed by atoms with E-state index in [9.17, 15) is 4.79 Å². The van der Waals surface area contributed by atoms with Crippen molar-refractivity contribution in [3.05, 3.63) is 36.2 Å². The second-order valence-electron chi connectivity index (χ2n) is 6.07. The predicted octanol–water partition coefficient (Wildman–Crippen LogP) is 0.946. The maximum Gasteiger partial charge on any atom is 0.253 e. The lowest BCUT2D eigenvalue weighted by Crippen LogP contribution is -2.51. The lowest BCUT2D eigenvalue weighted by Gasteiger charge is -2.39. The fourth-order valence-corrected chi connectivity index (χ4v) is 3.18. The minimum absolute atomic E-state index is 0.0383. The zero-order valence-electron chi connectivity index (χ0n) is 13.6. The second kappa shape index (κ2) is 5.63. The third-order valence-electron chi connectivity index (χ3n) is 4.38. The van der Waals surface area contributed by atoms with Gasteiger partial charge in [0, 0.05) is 44.4 Å². The molecule has 1 aromatic carbocycles. The SMILES string of the molecule is COc1c2ccc(C(=O)N3CC(Cn4ccnn4)C3)cc2nn1C. The highest BCUT2D eigenvalue weighted by Gasteiger charge is 2.31. The van der Waals surface area contributed by atoms with Crippen molar-refractivity contribution in [3.63, 3.8) is 0 Å². The Bertz CT molecular complexity index is 879. The highest BCUT2D eigenvalue weighted by atomic mass is 16.5. The van der Waals surface area contributed by atoms with Crippen LogP contribution in [0.4, 0.5) is 0 Å². The van der Waals surface area contributed by atoms with Gasteiger partial charge in [-0.15, -0.1) is 5.10 Å². The molecule has 0 bridgehead atoms. The van der Waals surface area contributed by atoms with Crippen LogP contribution in [0.3, 0.4) is 0 Å². The molecule has 0 aliphatic carbocycles. The third-order valence-corrected chi connectivity index (χ3v) is 4.38. The molecule has 2 aromatic heterocycles. The van der Waals surface area contributed by atoms with Gasteiger partial charge in [0.1, 0.15) is 0 Å². The molecule has 8 nitrogen and oxygen atoms in total. The number of benzene rings is 1. The van der Waals surface area contributed by atoms with Crippen LogP contribution < -0.4 is 4.74 Å². The first-order chi connectivity index (χ1) is 11.7. The molecule has 0 unspecified atom stereocenters. The zero-order chi connectivity index (χ0) is 16.7. The average Bonchev–Trinajstić information content (AvgIpc) is 3.15. The molecule has 124 valence electrons. The lowest BCUT2D eigenvalue weighted by molar-refractivity contribution is 0.0460. The van der Waals surface area contributed by atoms with Gasteiger partial charge in [0.05, 0.1) is 24.2 Å². The molecule has 0 atom stereocenters. The Labute approximate surface area is 138 Å². The predicted molar refractivity (Wildman–Crippen MR) is 86.7 cm³/mol. The van der Waals surface area contributed by atoms with E-state index < -0.39 is 0 Å². The van der Waals surface area contributed by atoms with Crippen molar-refractivity contribution in [2.45, 2.75) is 6.54 Å². The Kier molecular flexibility index (Phi) is 3.44. The van der Waals surface area contributed by atoms with Gasteiger partial charge in [-0.1, -0.05) is 5.21 Å². The highest BCUT2D eigenvalue weighted by Crippen LogP contribution is 2.27. The first-order valence-corrected chi connectivity index (χ1v) is 7.80. The molecule has 1 amide bonds. The number of rotatable bonds is 4. The molecule has 0 radical (unpaired) electrons. The van der Waals surface area contributed by atoms with E-state index in [2.05, 4.69) is 15.4 Å². The molecule has 3 heterocycles. The van der Waals surface area contributed by atoms with Crippen LogP contribution >= 0.6 is 0 Å². The summed E-state index contributed by atoms with van der Waals surface area (Å²) in [5.41, 5.74) is 1.42. The number of hydrogen-bond acceptors (Lipinski definition) is 5. The molecule has 1 aliphatic heterocycles. The van der Waals surface area contributed by atoms with E-state index in [1.807, 2.05) is 36.3 Å². The number of ether oxygens (including phenoxy) is 1. The van der Waals surface area contributed by atoms with Crippen molar-refractivity contribution in [2.75, 3.05) is 20.2 Å². The molecular weight excluding hydrogens is 308 g/mol. The molecule has 0 N–H and O–H groups in total. The Hall–Kier alpha value is -2.90. The maximum atomic E-state index is 12.6. The molecule has 0 spiro atoms. The number of hydrogen-bond donors (Lipinski definition) is 0. The summed E-state index contributed by atoms with van der Waals surface area (Å²) in [5.74, 6) is 1.16. The number of aryl methyl sites for hydroxylation is 1. The van der Waals surface area contributed by atoms with Gasteiger partial charge in [-0.05, 0) is 18.2 Å². The van der Waals surface area contributed by atoms with Crippen LogP contribution in [0.5, 0.6) is 5.88 Å². The smallest absolute Gasteiger partial charge is 0.253 e. The zero-order valence-corrected chi connectivity index (χ0v) is 13.6. The molecule has 1 fully saturated rings. The van der Waals surface area contributed by atoms with Crippen LogP contribution in [0.25, 0.3) is 10.9 Å². The summed E-state index contributed by atoms with van der Waals surface area (Å²) in [6.45, 7) is 2.27. The quantitative estimate of drug-likeness (QED) is 0.713. The van der Waals surface area contributed by atoms with E-state index in [1.165, 1.54) is 0 Å². The van der Waals surface area contributed by atoms with Gasteiger partial charge in [0.15, 0.2) is 0 Å². The minimum Gasteiger partial charge on any atom is -0.481 e. The molecule has 4 rings (SSSR count). The highest BCUT2D eigenvalue weighted by molar-refractivity contribution is 5.99. The van der Waals surface area contributed by atoms with Crippen LogP contribution in [0.1, 0.15) is 10.4 Å². The standard InChI is InChI=1S/C16H18N6O2/c1-20-16(24-2)13-4-3-12(7-14(13)18-20)15(23)21-8-11(9-21)10-22-6-5-17-19-22/h3-7,11H,8-10H2,1-2H3. The second-order valence-corrected chi connectivity index (χ2v) is 6.07. The number of carbonyl (C=O) groups excluding carboxylic acids is 1. The largest absolute Gasteiger partial charge is 0.481 e. The first-order valence-electron chi connectivity index (χ1n) is 7.80. The van der Waals surface area contributed by atoms with Gasteiger partial charge in [-0.25, -0.2) is 4.68 Å². The summed E-state index contributed by atoms with van der Waals surface area (Å²) >= 11 is 0. The van der Waals surface area contributed by atoms with Crippen molar-refractivity contribution < 1.29 is 9.53 Å². The van der Waals surface area contributed by atoms with Gasteiger partial charge in [0.2, 0.25) is 5.88 Å². The monoisotopic (exact) mass is 326 g/mol.